The van der Waals surface area contributed by atoms with E-state index in [4.69, 9.17) is 5.73 Å². The summed E-state index contributed by atoms with van der Waals surface area (Å²) in [7, 11) is 1.73. The van der Waals surface area contributed by atoms with Gasteiger partial charge in [0.1, 0.15) is 6.04 Å². The molecule has 1 atom stereocenters. The Bertz CT molecular complexity index is 295. The maximum absolute atomic E-state index is 12.0. The Hall–Kier alpha value is -1.10. The lowest BCUT2D eigenvalue weighted by Crippen LogP contribution is -2.55. The van der Waals surface area contributed by atoms with E-state index in [0.29, 0.717) is 13.1 Å². The van der Waals surface area contributed by atoms with Crippen molar-refractivity contribution < 1.29 is 9.59 Å². The van der Waals surface area contributed by atoms with Crippen LogP contribution in [0.4, 0.5) is 0 Å². The number of carbonyl (C=O) groups is 2. The lowest BCUT2D eigenvalue weighted by molar-refractivity contribution is -0.141. The molecule has 1 aliphatic carbocycles. The highest BCUT2D eigenvalue weighted by Crippen LogP contribution is 2.40. The smallest absolute Gasteiger partial charge is 0.244 e. The molecule has 0 spiro atoms. The van der Waals surface area contributed by atoms with Crippen molar-refractivity contribution in [1.82, 2.24) is 10.2 Å². The molecule has 0 aromatic rings. The van der Waals surface area contributed by atoms with Crippen LogP contribution in [0.3, 0.4) is 0 Å². The minimum Gasteiger partial charge on any atom is -0.344 e. The molecule has 5 heteroatoms. The lowest BCUT2D eigenvalue weighted by atomic mass is 9.68. The second-order valence-corrected chi connectivity index (χ2v) is 4.89. The van der Waals surface area contributed by atoms with Crippen LogP contribution in [0.15, 0.2) is 0 Å². The lowest BCUT2D eigenvalue weighted by Gasteiger charge is -2.39. The minimum atomic E-state index is -0.475. The first-order chi connectivity index (χ1) is 7.96. The van der Waals surface area contributed by atoms with Crippen molar-refractivity contribution in [2.75, 3.05) is 20.1 Å². The van der Waals surface area contributed by atoms with Crippen LogP contribution in [0.1, 0.15) is 33.1 Å². The molecule has 3 N–H and O–H groups in total. The van der Waals surface area contributed by atoms with Gasteiger partial charge in [0, 0.05) is 20.1 Å². The average Bonchev–Trinajstić information content (AvgIpc) is 2.26. The number of hydrogen-bond donors (Lipinski definition) is 2. The van der Waals surface area contributed by atoms with Gasteiger partial charge in [0.2, 0.25) is 11.8 Å². The quantitative estimate of drug-likeness (QED) is 0.716. The van der Waals surface area contributed by atoms with Crippen LogP contribution >= 0.6 is 0 Å². The maximum Gasteiger partial charge on any atom is 0.244 e. The summed E-state index contributed by atoms with van der Waals surface area (Å²) in [4.78, 5) is 25.5. The third-order valence-electron chi connectivity index (χ3n) is 3.75. The average molecular weight is 241 g/mol. The molecular formula is C12H23N3O2. The summed E-state index contributed by atoms with van der Waals surface area (Å²) in [5.41, 5.74) is 5.23. The standard InChI is InChI=1S/C12H23N3O2/c1-4-15(3)10(16)9(2)14-11(17)12(8-13)6-5-7-12/h9H,4-8,13H2,1-3H3,(H,14,17). The molecule has 0 aromatic carbocycles. The van der Waals surface area contributed by atoms with Crippen molar-refractivity contribution in [3.63, 3.8) is 0 Å². The number of nitrogens with two attached hydrogens (primary N) is 1. The molecule has 1 rings (SSSR count). The highest BCUT2D eigenvalue weighted by molar-refractivity contribution is 5.90. The Labute approximate surface area is 103 Å². The molecule has 0 bridgehead atoms. The highest BCUT2D eigenvalue weighted by atomic mass is 16.2. The summed E-state index contributed by atoms with van der Waals surface area (Å²) in [6, 6.07) is -0.475. The predicted octanol–water partition coefficient (Wildman–Crippen LogP) is 0.0984. The molecule has 0 radical (unpaired) electrons. The number of likely N-dealkylation sites (N-methyl/N-ethyl adjacent to an activating group) is 1. The van der Waals surface area contributed by atoms with Gasteiger partial charge in [-0.15, -0.1) is 0 Å². The Kier molecular flexibility index (Phi) is 4.51. The third kappa shape index (κ3) is 2.77. The Morgan fingerprint density at radius 2 is 2.06 bits per heavy atom. The van der Waals surface area contributed by atoms with Gasteiger partial charge >= 0.3 is 0 Å². The molecule has 1 saturated carbocycles. The zero-order chi connectivity index (χ0) is 13.1. The van der Waals surface area contributed by atoms with E-state index in [2.05, 4.69) is 5.32 Å². The van der Waals surface area contributed by atoms with E-state index in [9.17, 15) is 9.59 Å². The zero-order valence-electron chi connectivity index (χ0n) is 11.0. The number of amides is 2. The molecule has 0 saturated heterocycles. The van der Waals surface area contributed by atoms with Crippen molar-refractivity contribution in [2.45, 2.75) is 39.2 Å². The summed E-state index contributed by atoms with van der Waals surface area (Å²) in [6.07, 6.45) is 2.71. The van der Waals surface area contributed by atoms with Crippen molar-refractivity contribution in [3.8, 4) is 0 Å². The number of hydrogen-bond acceptors (Lipinski definition) is 3. The first-order valence-electron chi connectivity index (χ1n) is 6.23. The Morgan fingerprint density at radius 3 is 2.41 bits per heavy atom. The third-order valence-corrected chi connectivity index (χ3v) is 3.75. The van der Waals surface area contributed by atoms with Crippen LogP contribution in [-0.2, 0) is 9.59 Å². The second-order valence-electron chi connectivity index (χ2n) is 4.89. The summed E-state index contributed by atoms with van der Waals surface area (Å²) in [5.74, 6) is -0.135. The Morgan fingerprint density at radius 1 is 1.47 bits per heavy atom. The SMILES string of the molecule is CCN(C)C(=O)C(C)NC(=O)C1(CN)CCC1. The van der Waals surface area contributed by atoms with Crippen molar-refractivity contribution in [2.24, 2.45) is 11.1 Å². The van der Waals surface area contributed by atoms with Gasteiger partial charge in [0.15, 0.2) is 0 Å². The molecule has 1 unspecified atom stereocenters. The van der Waals surface area contributed by atoms with E-state index < -0.39 is 11.5 Å². The first-order valence-corrected chi connectivity index (χ1v) is 6.23. The molecule has 0 aromatic heterocycles. The summed E-state index contributed by atoms with van der Waals surface area (Å²) < 4.78 is 0. The largest absolute Gasteiger partial charge is 0.344 e. The van der Waals surface area contributed by atoms with Crippen molar-refractivity contribution in [1.29, 1.82) is 0 Å². The van der Waals surface area contributed by atoms with E-state index in [1.807, 2.05) is 6.92 Å². The van der Waals surface area contributed by atoms with E-state index in [-0.39, 0.29) is 11.8 Å². The van der Waals surface area contributed by atoms with Crippen LogP contribution in [0.25, 0.3) is 0 Å². The molecular weight excluding hydrogens is 218 g/mol. The van der Waals surface area contributed by atoms with E-state index in [1.165, 1.54) is 0 Å². The van der Waals surface area contributed by atoms with Gasteiger partial charge in [0.05, 0.1) is 5.41 Å². The van der Waals surface area contributed by atoms with Gasteiger partial charge in [-0.05, 0) is 26.7 Å². The van der Waals surface area contributed by atoms with Gasteiger partial charge in [-0.3, -0.25) is 9.59 Å². The summed E-state index contributed by atoms with van der Waals surface area (Å²) >= 11 is 0. The molecule has 0 heterocycles. The number of rotatable bonds is 5. The van der Waals surface area contributed by atoms with Gasteiger partial charge in [0.25, 0.3) is 0 Å². The zero-order valence-corrected chi connectivity index (χ0v) is 11.0. The molecule has 2 amide bonds. The number of carbonyl (C=O) groups excluding carboxylic acids is 2. The monoisotopic (exact) mass is 241 g/mol. The minimum absolute atomic E-state index is 0.0626. The van der Waals surface area contributed by atoms with Gasteiger partial charge in [-0.2, -0.15) is 0 Å². The fraction of sp³-hybridized carbons (Fsp3) is 0.833. The second kappa shape index (κ2) is 5.49. The topological polar surface area (TPSA) is 75.4 Å². The summed E-state index contributed by atoms with van der Waals surface area (Å²) in [5, 5.41) is 2.78. The van der Waals surface area contributed by atoms with Crippen LogP contribution in [0, 0.1) is 5.41 Å². The molecule has 98 valence electrons. The van der Waals surface area contributed by atoms with Crippen LogP contribution < -0.4 is 11.1 Å². The van der Waals surface area contributed by atoms with Gasteiger partial charge in [-0.1, -0.05) is 6.42 Å². The van der Waals surface area contributed by atoms with Crippen molar-refractivity contribution >= 4 is 11.8 Å². The number of nitrogens with zero attached hydrogens (tertiary/aromatic N) is 1. The molecule has 1 aliphatic rings. The summed E-state index contributed by atoms with van der Waals surface area (Å²) in [6.45, 7) is 4.62. The molecule has 0 aliphatic heterocycles. The maximum atomic E-state index is 12.0. The molecule has 1 fully saturated rings. The highest BCUT2D eigenvalue weighted by Gasteiger charge is 2.43. The molecule has 17 heavy (non-hydrogen) atoms. The van der Waals surface area contributed by atoms with Crippen LogP contribution in [-0.4, -0.2) is 42.9 Å². The van der Waals surface area contributed by atoms with Gasteiger partial charge < -0.3 is 16.0 Å². The fourth-order valence-electron chi connectivity index (χ4n) is 2.03. The molecule has 5 nitrogen and oxygen atoms in total. The Balaban J connectivity index is 2.53. The van der Waals surface area contributed by atoms with E-state index in [0.717, 1.165) is 19.3 Å². The van der Waals surface area contributed by atoms with Crippen molar-refractivity contribution in [3.05, 3.63) is 0 Å². The normalized spacial score (nSPS) is 19.1. The fourth-order valence-corrected chi connectivity index (χ4v) is 2.03. The van der Waals surface area contributed by atoms with E-state index in [1.54, 1.807) is 18.9 Å². The van der Waals surface area contributed by atoms with Gasteiger partial charge in [-0.25, -0.2) is 0 Å². The number of nitrogens with one attached hydrogen (secondary N) is 1. The van der Waals surface area contributed by atoms with Crippen LogP contribution in [0.5, 0.6) is 0 Å². The van der Waals surface area contributed by atoms with E-state index >= 15 is 0 Å². The predicted molar refractivity (Wildman–Crippen MR) is 66.3 cm³/mol. The van der Waals surface area contributed by atoms with Crippen LogP contribution in [0.2, 0.25) is 0 Å². The first kappa shape index (κ1) is 14.0.